The molecular weight excluding hydrogens is 90.1 g/mol. The van der Waals surface area contributed by atoms with Crippen molar-refractivity contribution in [3.8, 4) is 0 Å². The molecule has 7 heavy (non-hydrogen) atoms. The van der Waals surface area contributed by atoms with Crippen molar-refractivity contribution in [1.29, 1.82) is 0 Å². The lowest BCUT2D eigenvalue weighted by Crippen LogP contribution is -1.84. The van der Waals surface area contributed by atoms with E-state index in [1.165, 1.54) is 6.20 Å². The van der Waals surface area contributed by atoms with Gasteiger partial charge in [0.2, 0.25) is 0 Å². The van der Waals surface area contributed by atoms with Gasteiger partial charge < -0.3 is 10.5 Å². The van der Waals surface area contributed by atoms with Crippen LogP contribution in [-0.4, -0.2) is 0 Å². The van der Waals surface area contributed by atoms with Crippen molar-refractivity contribution in [2.45, 2.75) is 6.42 Å². The zero-order valence-corrected chi connectivity index (χ0v) is 3.92. The Morgan fingerprint density at radius 2 is 2.71 bits per heavy atom. The minimum atomic E-state index is 0.833. The van der Waals surface area contributed by atoms with Crippen LogP contribution in [0.15, 0.2) is 24.3 Å². The first kappa shape index (κ1) is 4.24. The molecule has 0 bridgehead atoms. The summed E-state index contributed by atoms with van der Waals surface area (Å²) in [6.45, 7) is 0. The van der Waals surface area contributed by atoms with Crippen LogP contribution in [0, 0.1) is 0 Å². The van der Waals surface area contributed by atoms with E-state index < -0.39 is 0 Å². The van der Waals surface area contributed by atoms with Crippen LogP contribution in [0.4, 0.5) is 0 Å². The van der Waals surface area contributed by atoms with Gasteiger partial charge in [0.1, 0.15) is 5.76 Å². The Morgan fingerprint density at radius 1 is 1.86 bits per heavy atom. The van der Waals surface area contributed by atoms with Gasteiger partial charge in [-0.3, -0.25) is 0 Å². The number of hydrogen-bond acceptors (Lipinski definition) is 2. The fraction of sp³-hybridized carbons (Fsp3) is 0.200. The minimum absolute atomic E-state index is 0.833. The van der Waals surface area contributed by atoms with Gasteiger partial charge >= 0.3 is 0 Å². The van der Waals surface area contributed by atoms with E-state index >= 15 is 0 Å². The third kappa shape index (κ3) is 0.738. The summed E-state index contributed by atoms with van der Waals surface area (Å²) in [5.74, 6) is 0.833. The zero-order valence-electron chi connectivity index (χ0n) is 3.92. The van der Waals surface area contributed by atoms with Crippen molar-refractivity contribution in [2.75, 3.05) is 0 Å². The molecule has 1 heterocycles. The van der Waals surface area contributed by atoms with Crippen LogP contribution in [0.25, 0.3) is 0 Å². The van der Waals surface area contributed by atoms with Gasteiger partial charge in [-0.15, -0.1) is 0 Å². The van der Waals surface area contributed by atoms with Crippen molar-refractivity contribution < 1.29 is 4.74 Å². The molecule has 0 atom stereocenters. The number of ether oxygens (including phenoxy) is 1. The van der Waals surface area contributed by atoms with E-state index in [1.807, 2.05) is 6.08 Å². The van der Waals surface area contributed by atoms with E-state index in [-0.39, 0.29) is 0 Å². The van der Waals surface area contributed by atoms with Gasteiger partial charge in [0.25, 0.3) is 0 Å². The van der Waals surface area contributed by atoms with E-state index in [9.17, 15) is 0 Å². The summed E-state index contributed by atoms with van der Waals surface area (Å²) < 4.78 is 4.86. The maximum atomic E-state index is 5.11. The van der Waals surface area contributed by atoms with Crippen molar-refractivity contribution in [3.63, 3.8) is 0 Å². The first-order valence-electron chi connectivity index (χ1n) is 2.16. The highest BCUT2D eigenvalue weighted by Gasteiger charge is 1.96. The standard InChI is InChI=1S/C5H7NO/c6-4-5-2-1-3-7-5/h1,3-4H,2,6H2. The summed E-state index contributed by atoms with van der Waals surface area (Å²) >= 11 is 0. The Kier molecular flexibility index (Phi) is 1.02. The van der Waals surface area contributed by atoms with Gasteiger partial charge in [-0.2, -0.15) is 0 Å². The normalized spacial score (nSPS) is 23.1. The highest BCUT2D eigenvalue weighted by Crippen LogP contribution is 2.09. The smallest absolute Gasteiger partial charge is 0.122 e. The molecule has 0 unspecified atom stereocenters. The number of nitrogens with two attached hydrogens (primary N) is 1. The van der Waals surface area contributed by atoms with Gasteiger partial charge in [0.15, 0.2) is 0 Å². The molecule has 1 aliphatic rings. The molecule has 38 valence electrons. The van der Waals surface area contributed by atoms with Crippen molar-refractivity contribution in [3.05, 3.63) is 24.3 Å². The summed E-state index contributed by atoms with van der Waals surface area (Å²) in [6.07, 6.45) is 5.87. The van der Waals surface area contributed by atoms with Crippen LogP contribution < -0.4 is 5.73 Å². The predicted octanol–water partition coefficient (Wildman–Crippen LogP) is 0.721. The lowest BCUT2D eigenvalue weighted by atomic mass is 10.4. The van der Waals surface area contributed by atoms with Crippen LogP contribution in [0.3, 0.4) is 0 Å². The molecule has 0 aromatic rings. The summed E-state index contributed by atoms with van der Waals surface area (Å²) in [4.78, 5) is 0. The second kappa shape index (κ2) is 1.69. The summed E-state index contributed by atoms with van der Waals surface area (Å²) in [5, 5.41) is 0. The van der Waals surface area contributed by atoms with Gasteiger partial charge in [0, 0.05) is 12.6 Å². The third-order valence-corrected chi connectivity index (χ3v) is 0.821. The third-order valence-electron chi connectivity index (χ3n) is 0.821. The van der Waals surface area contributed by atoms with Crippen molar-refractivity contribution in [2.24, 2.45) is 5.73 Å². The van der Waals surface area contributed by atoms with E-state index in [4.69, 9.17) is 10.5 Å². The Balaban J connectivity index is 2.51. The summed E-state index contributed by atoms with van der Waals surface area (Å²) in [6, 6.07) is 0. The molecule has 0 aromatic carbocycles. The average Bonchev–Trinajstić information content (AvgIpc) is 2.14. The molecule has 2 heteroatoms. The highest BCUT2D eigenvalue weighted by molar-refractivity contribution is 5.04. The van der Waals surface area contributed by atoms with Gasteiger partial charge in [-0.05, 0) is 6.08 Å². The molecule has 2 nitrogen and oxygen atoms in total. The minimum Gasteiger partial charge on any atom is -0.468 e. The highest BCUT2D eigenvalue weighted by atomic mass is 16.5. The Bertz CT molecular complexity index is 105. The number of hydrogen-bond donors (Lipinski definition) is 1. The van der Waals surface area contributed by atoms with Gasteiger partial charge in [0.05, 0.1) is 6.26 Å². The van der Waals surface area contributed by atoms with E-state index in [0.717, 1.165) is 12.2 Å². The zero-order chi connectivity index (χ0) is 5.11. The van der Waals surface area contributed by atoms with Crippen molar-refractivity contribution >= 4 is 0 Å². The fourth-order valence-electron chi connectivity index (χ4n) is 0.455. The van der Waals surface area contributed by atoms with Gasteiger partial charge in [-0.1, -0.05) is 0 Å². The average molecular weight is 97.1 g/mol. The number of allylic oxidation sites excluding steroid dienone is 1. The molecule has 0 aromatic heterocycles. The predicted molar refractivity (Wildman–Crippen MR) is 27.1 cm³/mol. The maximum Gasteiger partial charge on any atom is 0.122 e. The molecule has 0 radical (unpaired) electrons. The van der Waals surface area contributed by atoms with E-state index in [1.54, 1.807) is 6.26 Å². The molecule has 0 fully saturated rings. The first-order valence-corrected chi connectivity index (χ1v) is 2.16. The second-order valence-electron chi connectivity index (χ2n) is 1.33. The summed E-state index contributed by atoms with van der Waals surface area (Å²) in [5.41, 5.74) is 5.11. The molecule has 1 aliphatic heterocycles. The number of rotatable bonds is 0. The maximum absolute atomic E-state index is 5.11. The van der Waals surface area contributed by atoms with Crippen LogP contribution in [0.5, 0.6) is 0 Å². The first-order chi connectivity index (χ1) is 3.43. The Hall–Kier alpha value is -0.920. The van der Waals surface area contributed by atoms with Crippen molar-refractivity contribution in [1.82, 2.24) is 0 Å². The van der Waals surface area contributed by atoms with Crippen LogP contribution in [-0.2, 0) is 4.74 Å². The van der Waals surface area contributed by atoms with E-state index in [2.05, 4.69) is 0 Å². The van der Waals surface area contributed by atoms with Crippen LogP contribution in [0.2, 0.25) is 0 Å². The van der Waals surface area contributed by atoms with Gasteiger partial charge in [-0.25, -0.2) is 0 Å². The molecule has 0 spiro atoms. The lowest BCUT2D eigenvalue weighted by Gasteiger charge is -1.89. The monoisotopic (exact) mass is 97.1 g/mol. The summed E-state index contributed by atoms with van der Waals surface area (Å²) in [7, 11) is 0. The molecule has 0 amide bonds. The molecule has 1 rings (SSSR count). The Labute approximate surface area is 42.3 Å². The topological polar surface area (TPSA) is 35.2 Å². The SMILES string of the molecule is NC=C1CC=CO1. The Morgan fingerprint density at radius 3 is 3.00 bits per heavy atom. The lowest BCUT2D eigenvalue weighted by molar-refractivity contribution is 0.366. The largest absolute Gasteiger partial charge is 0.468 e. The fourth-order valence-corrected chi connectivity index (χ4v) is 0.455. The molecule has 0 saturated carbocycles. The molecule has 2 N–H and O–H groups in total. The van der Waals surface area contributed by atoms with E-state index in [0.29, 0.717) is 0 Å². The quantitative estimate of drug-likeness (QED) is 0.483. The molecule has 0 saturated heterocycles. The second-order valence-corrected chi connectivity index (χ2v) is 1.33. The van der Waals surface area contributed by atoms with Crippen LogP contribution >= 0.6 is 0 Å². The van der Waals surface area contributed by atoms with Crippen LogP contribution in [0.1, 0.15) is 6.42 Å². The molecule has 0 aliphatic carbocycles. The molecular formula is C5H7NO.